The maximum absolute atomic E-state index is 12.3. The van der Waals surface area contributed by atoms with Crippen LogP contribution in [-0.4, -0.2) is 32.8 Å². The highest BCUT2D eigenvalue weighted by molar-refractivity contribution is 8.39. The zero-order valence-corrected chi connectivity index (χ0v) is 12.9. The topological polar surface area (TPSA) is 34.4 Å². The van der Waals surface area contributed by atoms with Gasteiger partial charge in [-0.15, -0.1) is 0 Å². The summed E-state index contributed by atoms with van der Waals surface area (Å²) in [5.41, 5.74) is 3.27. The van der Waals surface area contributed by atoms with Gasteiger partial charge in [0.25, 0.3) is 0 Å². The molecule has 1 saturated carbocycles. The van der Waals surface area contributed by atoms with Crippen molar-refractivity contribution < 1.29 is 4.79 Å². The lowest BCUT2D eigenvalue weighted by Crippen LogP contribution is -2.06. The summed E-state index contributed by atoms with van der Waals surface area (Å²) in [5.74, 6) is 1.81. The summed E-state index contributed by atoms with van der Waals surface area (Å²) in [6, 6.07) is 2.70. The molecule has 1 aromatic rings. The van der Waals surface area contributed by atoms with E-state index in [1.54, 1.807) is 23.5 Å². The number of aryl methyl sites for hydroxylation is 1. The van der Waals surface area contributed by atoms with Gasteiger partial charge in [0, 0.05) is 28.7 Å². The third kappa shape index (κ3) is 2.77. The molecule has 5 heteroatoms. The Hall–Kier alpha value is -0.680. The number of carbonyl (C=O) groups is 1. The number of carbonyl (C=O) groups excluding carboxylic acids is 1. The predicted molar refractivity (Wildman–Crippen MR) is 83.7 cm³/mol. The Balaban J connectivity index is 1.70. The summed E-state index contributed by atoms with van der Waals surface area (Å²) in [7, 11) is 0. The standard InChI is InChI=1S/C14H18N2OS2/c1-9-7-12(10(2)16(9)11-3-4-11)13(17)8-19-14-15-5-6-18-14/h7,11H,3-6,8H2,1-2H3. The maximum Gasteiger partial charge on any atom is 0.174 e. The molecular formula is C14H18N2OS2. The van der Waals surface area contributed by atoms with Gasteiger partial charge in [-0.3, -0.25) is 9.79 Å². The fraction of sp³-hybridized carbons (Fsp3) is 0.571. The molecule has 0 unspecified atom stereocenters. The summed E-state index contributed by atoms with van der Waals surface area (Å²) >= 11 is 3.35. The quantitative estimate of drug-likeness (QED) is 0.798. The van der Waals surface area contributed by atoms with E-state index in [-0.39, 0.29) is 5.78 Å². The fourth-order valence-electron chi connectivity index (χ4n) is 2.56. The Kier molecular flexibility index (Phi) is 3.76. The van der Waals surface area contributed by atoms with E-state index in [1.807, 2.05) is 0 Å². The van der Waals surface area contributed by atoms with Crippen LogP contribution in [0.1, 0.15) is 40.6 Å². The zero-order valence-electron chi connectivity index (χ0n) is 11.3. The Morgan fingerprint density at radius 2 is 2.32 bits per heavy atom. The summed E-state index contributed by atoms with van der Waals surface area (Å²) in [4.78, 5) is 16.7. The molecule has 0 saturated heterocycles. The van der Waals surface area contributed by atoms with Crippen molar-refractivity contribution in [1.82, 2.24) is 4.57 Å². The molecule has 0 spiro atoms. The van der Waals surface area contributed by atoms with Crippen molar-refractivity contribution in [3.63, 3.8) is 0 Å². The van der Waals surface area contributed by atoms with Crippen molar-refractivity contribution in [1.29, 1.82) is 0 Å². The van der Waals surface area contributed by atoms with Gasteiger partial charge < -0.3 is 4.57 Å². The first kappa shape index (κ1) is 13.3. The van der Waals surface area contributed by atoms with Crippen LogP contribution in [0.3, 0.4) is 0 Å². The van der Waals surface area contributed by atoms with Crippen molar-refractivity contribution in [3.05, 3.63) is 23.0 Å². The van der Waals surface area contributed by atoms with Gasteiger partial charge in [0.05, 0.1) is 12.3 Å². The minimum atomic E-state index is 0.236. The smallest absolute Gasteiger partial charge is 0.174 e. The number of ketones is 1. The van der Waals surface area contributed by atoms with E-state index in [2.05, 4.69) is 29.5 Å². The molecule has 3 rings (SSSR count). The van der Waals surface area contributed by atoms with Crippen LogP contribution in [0, 0.1) is 13.8 Å². The first-order chi connectivity index (χ1) is 9.16. The van der Waals surface area contributed by atoms with Crippen molar-refractivity contribution in [2.75, 3.05) is 18.1 Å². The van der Waals surface area contributed by atoms with E-state index < -0.39 is 0 Å². The zero-order chi connectivity index (χ0) is 13.4. The van der Waals surface area contributed by atoms with Crippen LogP contribution in [0.25, 0.3) is 0 Å². The van der Waals surface area contributed by atoms with Crippen LogP contribution < -0.4 is 0 Å². The van der Waals surface area contributed by atoms with Gasteiger partial charge >= 0.3 is 0 Å². The van der Waals surface area contributed by atoms with Gasteiger partial charge in [-0.1, -0.05) is 23.5 Å². The molecule has 2 heterocycles. The van der Waals surface area contributed by atoms with Crippen molar-refractivity contribution in [2.24, 2.45) is 4.99 Å². The van der Waals surface area contributed by atoms with Gasteiger partial charge in [0.2, 0.25) is 0 Å². The number of hydrogen-bond donors (Lipinski definition) is 0. The minimum absolute atomic E-state index is 0.236. The number of nitrogens with zero attached hydrogens (tertiary/aromatic N) is 2. The molecule has 0 bridgehead atoms. The van der Waals surface area contributed by atoms with Gasteiger partial charge in [-0.05, 0) is 32.8 Å². The van der Waals surface area contributed by atoms with Gasteiger partial charge in [0.15, 0.2) is 5.78 Å². The van der Waals surface area contributed by atoms with Gasteiger partial charge in [-0.2, -0.15) is 0 Å². The SMILES string of the molecule is Cc1cc(C(=O)CSC2=NCCS2)c(C)n1C1CC1. The lowest BCUT2D eigenvalue weighted by Gasteiger charge is -2.07. The molecule has 102 valence electrons. The Morgan fingerprint density at radius 3 is 2.95 bits per heavy atom. The summed E-state index contributed by atoms with van der Waals surface area (Å²) < 4.78 is 3.41. The highest BCUT2D eigenvalue weighted by Crippen LogP contribution is 2.38. The molecule has 0 aromatic carbocycles. The van der Waals surface area contributed by atoms with E-state index in [0.717, 1.165) is 27.9 Å². The van der Waals surface area contributed by atoms with Crippen molar-refractivity contribution >= 4 is 33.7 Å². The molecule has 0 radical (unpaired) electrons. The van der Waals surface area contributed by atoms with E-state index in [0.29, 0.717) is 11.8 Å². The fourth-order valence-corrected chi connectivity index (χ4v) is 4.45. The van der Waals surface area contributed by atoms with Crippen molar-refractivity contribution in [2.45, 2.75) is 32.7 Å². The molecule has 1 aliphatic carbocycles. The van der Waals surface area contributed by atoms with Crippen molar-refractivity contribution in [3.8, 4) is 0 Å². The number of Topliss-reactive ketones (excluding diaryl/α,β-unsaturated/α-hetero) is 1. The van der Waals surface area contributed by atoms with Gasteiger partial charge in [-0.25, -0.2) is 0 Å². The third-order valence-corrected chi connectivity index (χ3v) is 5.83. The van der Waals surface area contributed by atoms with Crippen LogP contribution in [-0.2, 0) is 0 Å². The highest BCUT2D eigenvalue weighted by atomic mass is 32.2. The van der Waals surface area contributed by atoms with Crippen LogP contribution in [0.2, 0.25) is 0 Å². The molecule has 0 amide bonds. The Labute approximate surface area is 122 Å². The number of hydrogen-bond acceptors (Lipinski definition) is 4. The van der Waals surface area contributed by atoms with Crippen LogP contribution in [0.5, 0.6) is 0 Å². The van der Waals surface area contributed by atoms with E-state index in [9.17, 15) is 4.79 Å². The lowest BCUT2D eigenvalue weighted by atomic mass is 10.2. The molecule has 0 N–H and O–H groups in total. The molecule has 1 aliphatic heterocycles. The van der Waals surface area contributed by atoms with Gasteiger partial charge in [0.1, 0.15) is 4.38 Å². The molecule has 19 heavy (non-hydrogen) atoms. The second-order valence-electron chi connectivity index (χ2n) is 5.09. The largest absolute Gasteiger partial charge is 0.345 e. The molecule has 1 fully saturated rings. The van der Waals surface area contributed by atoms with Crippen LogP contribution in [0.4, 0.5) is 0 Å². The number of aromatic nitrogens is 1. The number of aliphatic imine (C=N–C) groups is 1. The first-order valence-electron chi connectivity index (χ1n) is 6.68. The van der Waals surface area contributed by atoms with E-state index >= 15 is 0 Å². The predicted octanol–water partition coefficient (Wildman–Crippen LogP) is 3.46. The maximum atomic E-state index is 12.3. The minimum Gasteiger partial charge on any atom is -0.345 e. The molecular weight excluding hydrogens is 276 g/mol. The molecule has 3 nitrogen and oxygen atoms in total. The summed E-state index contributed by atoms with van der Waals surface area (Å²) in [6.07, 6.45) is 2.51. The molecule has 2 aliphatic rings. The van der Waals surface area contributed by atoms with Crippen LogP contribution >= 0.6 is 23.5 Å². The van der Waals surface area contributed by atoms with E-state index in [1.165, 1.54) is 18.5 Å². The second kappa shape index (κ2) is 5.37. The summed E-state index contributed by atoms with van der Waals surface area (Å²) in [6.45, 7) is 5.08. The molecule has 1 aromatic heterocycles. The second-order valence-corrected chi connectivity index (χ2v) is 7.40. The lowest BCUT2D eigenvalue weighted by molar-refractivity contribution is 0.102. The Morgan fingerprint density at radius 1 is 1.53 bits per heavy atom. The highest BCUT2D eigenvalue weighted by Gasteiger charge is 2.28. The van der Waals surface area contributed by atoms with Crippen LogP contribution in [0.15, 0.2) is 11.1 Å². The Bertz CT molecular complexity index is 544. The number of rotatable bonds is 4. The monoisotopic (exact) mass is 294 g/mol. The first-order valence-corrected chi connectivity index (χ1v) is 8.65. The average Bonchev–Trinajstić information content (AvgIpc) is 2.98. The third-order valence-electron chi connectivity index (χ3n) is 3.58. The van der Waals surface area contributed by atoms with E-state index in [4.69, 9.17) is 0 Å². The molecule has 0 atom stereocenters. The normalized spacial score (nSPS) is 18.7. The summed E-state index contributed by atoms with van der Waals surface area (Å²) in [5, 5.41) is 0. The number of thioether (sulfide) groups is 2. The average molecular weight is 294 g/mol.